The highest BCUT2D eigenvalue weighted by atomic mass is 32.2. The number of aryl methyl sites for hydroxylation is 1. The number of nitrogens with one attached hydrogen (secondary N) is 1. The number of fused-ring (bicyclic) bond motifs is 1. The fourth-order valence-corrected chi connectivity index (χ4v) is 4.37. The maximum Gasteiger partial charge on any atom is 0.295 e. The van der Waals surface area contributed by atoms with Crippen LogP contribution in [0.4, 0.5) is 11.4 Å². The number of azo groups is 1. The van der Waals surface area contributed by atoms with Crippen molar-refractivity contribution in [2.75, 3.05) is 4.72 Å². The molecule has 160 valence electrons. The Morgan fingerprint density at radius 1 is 0.875 bits per heavy atom. The minimum Gasteiger partial charge on any atom is -0.505 e. The van der Waals surface area contributed by atoms with Crippen molar-refractivity contribution < 1.29 is 18.3 Å². The van der Waals surface area contributed by atoms with Gasteiger partial charge in [-0.2, -0.15) is 0 Å². The zero-order valence-corrected chi connectivity index (χ0v) is 17.9. The minimum atomic E-state index is -3.89. The first-order valence-electron chi connectivity index (χ1n) is 9.71. The summed E-state index contributed by atoms with van der Waals surface area (Å²) in [7, 11) is -3.89. The number of hydrogen-bond acceptors (Lipinski definition) is 5. The zero-order chi connectivity index (χ0) is 22.7. The first-order chi connectivity index (χ1) is 15.4. The molecule has 0 aliphatic heterocycles. The number of nitrogens with zero attached hydrogens (tertiary/aromatic N) is 2. The second-order valence-corrected chi connectivity index (χ2v) is 8.76. The fraction of sp³-hybridized carbons (Fsp3) is 0.0417. The van der Waals surface area contributed by atoms with Gasteiger partial charge in [-0.3, -0.25) is 9.52 Å². The van der Waals surface area contributed by atoms with Gasteiger partial charge in [0.05, 0.1) is 10.6 Å². The van der Waals surface area contributed by atoms with Crippen molar-refractivity contribution in [3.63, 3.8) is 0 Å². The van der Waals surface area contributed by atoms with E-state index in [2.05, 4.69) is 15.0 Å². The molecule has 0 unspecified atom stereocenters. The molecule has 0 saturated carbocycles. The summed E-state index contributed by atoms with van der Waals surface area (Å²) in [6.07, 6.45) is 0. The van der Waals surface area contributed by atoms with Crippen LogP contribution in [-0.2, 0) is 10.0 Å². The van der Waals surface area contributed by atoms with Crippen LogP contribution in [0.3, 0.4) is 0 Å². The molecule has 0 saturated heterocycles. The Morgan fingerprint density at radius 3 is 2.22 bits per heavy atom. The number of carbonyl (C=O) groups is 1. The van der Waals surface area contributed by atoms with Gasteiger partial charge in [-0.05, 0) is 36.8 Å². The summed E-state index contributed by atoms with van der Waals surface area (Å²) >= 11 is 0. The Labute approximate surface area is 185 Å². The van der Waals surface area contributed by atoms with Crippen molar-refractivity contribution in [3.05, 3.63) is 96.1 Å². The second-order valence-electron chi connectivity index (χ2n) is 7.08. The summed E-state index contributed by atoms with van der Waals surface area (Å²) in [4.78, 5) is 12.6. The third-order valence-electron chi connectivity index (χ3n) is 4.92. The first kappa shape index (κ1) is 21.2. The van der Waals surface area contributed by atoms with Crippen molar-refractivity contribution in [3.8, 4) is 5.75 Å². The number of hydrogen-bond donors (Lipinski definition) is 2. The largest absolute Gasteiger partial charge is 0.505 e. The molecule has 4 aromatic rings. The van der Waals surface area contributed by atoms with E-state index in [9.17, 15) is 18.3 Å². The maximum absolute atomic E-state index is 12.8. The molecule has 2 N–H and O–H groups in total. The minimum absolute atomic E-state index is 0.0311. The van der Waals surface area contributed by atoms with Crippen molar-refractivity contribution in [1.29, 1.82) is 0 Å². The lowest BCUT2D eigenvalue weighted by molar-refractivity contribution is 0.0994. The van der Waals surface area contributed by atoms with E-state index in [1.807, 2.05) is 6.07 Å². The summed E-state index contributed by atoms with van der Waals surface area (Å²) < 4.78 is 28.2. The van der Waals surface area contributed by atoms with Crippen molar-refractivity contribution in [2.24, 2.45) is 10.2 Å². The normalized spacial score (nSPS) is 11.7. The molecule has 32 heavy (non-hydrogen) atoms. The molecule has 4 rings (SSSR count). The van der Waals surface area contributed by atoms with Gasteiger partial charge in [-0.1, -0.05) is 60.7 Å². The predicted octanol–water partition coefficient (Wildman–Crippen LogP) is 5.58. The molecule has 0 atom stereocenters. The van der Waals surface area contributed by atoms with Gasteiger partial charge in [0.15, 0.2) is 5.75 Å². The van der Waals surface area contributed by atoms with Gasteiger partial charge in [0, 0.05) is 16.3 Å². The van der Waals surface area contributed by atoms with E-state index in [-0.39, 0.29) is 22.0 Å². The van der Waals surface area contributed by atoms with Gasteiger partial charge in [0.25, 0.3) is 15.9 Å². The number of benzene rings is 4. The number of carbonyl (C=O) groups excluding carboxylic acids is 1. The SMILES string of the molecule is Cc1ccccc1C(=O)N=Nc1cc(NS(=O)(=O)c2ccccc2)c2ccccc2c1O. The van der Waals surface area contributed by atoms with Crippen LogP contribution in [0.25, 0.3) is 10.8 Å². The van der Waals surface area contributed by atoms with E-state index in [1.165, 1.54) is 18.2 Å². The highest BCUT2D eigenvalue weighted by Crippen LogP contribution is 2.40. The molecule has 0 radical (unpaired) electrons. The topological polar surface area (TPSA) is 108 Å². The average molecular weight is 446 g/mol. The highest BCUT2D eigenvalue weighted by Gasteiger charge is 2.18. The molecule has 0 spiro atoms. The smallest absolute Gasteiger partial charge is 0.295 e. The van der Waals surface area contributed by atoms with Gasteiger partial charge in [0.2, 0.25) is 0 Å². The molecule has 0 aliphatic carbocycles. The lowest BCUT2D eigenvalue weighted by Crippen LogP contribution is -2.13. The van der Waals surface area contributed by atoms with Crippen LogP contribution in [0.1, 0.15) is 15.9 Å². The molecule has 1 amide bonds. The van der Waals surface area contributed by atoms with Gasteiger partial charge in [0.1, 0.15) is 5.69 Å². The van der Waals surface area contributed by atoms with E-state index in [4.69, 9.17) is 0 Å². The number of aromatic hydroxyl groups is 1. The van der Waals surface area contributed by atoms with E-state index < -0.39 is 15.9 Å². The molecule has 7 nitrogen and oxygen atoms in total. The molecule has 0 fully saturated rings. The summed E-state index contributed by atoms with van der Waals surface area (Å²) in [5, 5.41) is 19.2. The molecule has 0 aliphatic rings. The summed E-state index contributed by atoms with van der Waals surface area (Å²) in [6.45, 7) is 1.78. The Hall–Kier alpha value is -4.04. The molecule has 8 heteroatoms. The summed E-state index contributed by atoms with van der Waals surface area (Å²) in [5.41, 5.74) is 1.31. The number of phenolic OH excluding ortho intramolecular Hbond substituents is 1. The summed E-state index contributed by atoms with van der Waals surface area (Å²) in [5.74, 6) is -0.772. The Bertz CT molecular complexity index is 1450. The molecule has 0 aromatic heterocycles. The second kappa shape index (κ2) is 8.60. The molecular weight excluding hydrogens is 426 g/mol. The lowest BCUT2D eigenvalue weighted by Gasteiger charge is -2.13. The molecule has 0 bridgehead atoms. The predicted molar refractivity (Wildman–Crippen MR) is 123 cm³/mol. The van der Waals surface area contributed by atoms with Gasteiger partial charge in [-0.25, -0.2) is 8.42 Å². The van der Waals surface area contributed by atoms with Gasteiger partial charge >= 0.3 is 0 Å². The van der Waals surface area contributed by atoms with E-state index in [1.54, 1.807) is 67.6 Å². The number of rotatable bonds is 5. The number of amides is 1. The Morgan fingerprint density at radius 2 is 1.50 bits per heavy atom. The van der Waals surface area contributed by atoms with E-state index in [0.717, 1.165) is 5.56 Å². The zero-order valence-electron chi connectivity index (χ0n) is 17.1. The first-order valence-corrected chi connectivity index (χ1v) is 11.2. The average Bonchev–Trinajstić information content (AvgIpc) is 2.80. The third-order valence-corrected chi connectivity index (χ3v) is 6.30. The standard InChI is InChI=1S/C24H19N3O4S/c1-16-9-5-6-12-18(16)24(29)26-25-22-15-21(19-13-7-8-14-20(19)23(22)28)27-32(30,31)17-10-3-2-4-11-17/h2-15,27-28H,1H3. The lowest BCUT2D eigenvalue weighted by atomic mass is 10.1. The van der Waals surface area contributed by atoms with Crippen molar-refractivity contribution in [1.82, 2.24) is 0 Å². The number of sulfonamides is 1. The van der Waals surface area contributed by atoms with Gasteiger partial charge < -0.3 is 5.11 Å². The van der Waals surface area contributed by atoms with Crippen LogP contribution < -0.4 is 4.72 Å². The molecule has 0 heterocycles. The van der Waals surface area contributed by atoms with Gasteiger partial charge in [-0.15, -0.1) is 10.2 Å². The Kier molecular flexibility index (Phi) is 5.70. The highest BCUT2D eigenvalue weighted by molar-refractivity contribution is 7.92. The van der Waals surface area contributed by atoms with Crippen LogP contribution in [0.15, 0.2) is 100 Å². The third kappa shape index (κ3) is 4.21. The van der Waals surface area contributed by atoms with E-state index in [0.29, 0.717) is 16.3 Å². The van der Waals surface area contributed by atoms with Crippen LogP contribution in [0.2, 0.25) is 0 Å². The number of phenols is 1. The molecule has 4 aromatic carbocycles. The van der Waals surface area contributed by atoms with Crippen LogP contribution in [0.5, 0.6) is 5.75 Å². The molecular formula is C24H19N3O4S. The monoisotopic (exact) mass is 445 g/mol. The maximum atomic E-state index is 12.8. The quantitative estimate of drug-likeness (QED) is 0.309. The number of anilines is 1. The summed E-state index contributed by atoms with van der Waals surface area (Å²) in [6, 6.07) is 23.0. The van der Waals surface area contributed by atoms with Crippen LogP contribution >= 0.6 is 0 Å². The van der Waals surface area contributed by atoms with Crippen LogP contribution in [-0.4, -0.2) is 19.4 Å². The van der Waals surface area contributed by atoms with Crippen molar-refractivity contribution >= 4 is 38.1 Å². The van der Waals surface area contributed by atoms with Crippen LogP contribution in [0, 0.1) is 6.92 Å². The fourth-order valence-electron chi connectivity index (χ4n) is 3.28. The Balaban J connectivity index is 1.77. The van der Waals surface area contributed by atoms with Crippen molar-refractivity contribution in [2.45, 2.75) is 11.8 Å². The van der Waals surface area contributed by atoms with E-state index >= 15 is 0 Å².